The number of benzene rings is 1. The fourth-order valence-corrected chi connectivity index (χ4v) is 4.41. The van der Waals surface area contributed by atoms with Crippen LogP contribution in [-0.4, -0.2) is 52.8 Å². The number of carbonyl (C=O) groups is 1. The molecule has 3 N–H and O–H groups in total. The van der Waals surface area contributed by atoms with Crippen molar-refractivity contribution < 1.29 is 38.4 Å². The highest BCUT2D eigenvalue weighted by Crippen LogP contribution is 2.37. The van der Waals surface area contributed by atoms with Crippen molar-refractivity contribution in [3.63, 3.8) is 0 Å². The normalized spacial score (nSPS) is 22.3. The molecule has 0 heterocycles. The standard InChI is InChI=1S/C26H38F2O6/c1-17(2)34-26(32)5-3-4-18(15-29)6-7-19-8-13-24(31)22(19)11-10-21(30)16-33-25-14-20(27)9-12-23(25)28/h9-12,14,17-19,21-22,24,29-31H,3-8,13,15-16H2,1-2H3/b11-10+/t18-,19-,21+,22+,24+/m0/s1. The molecule has 0 amide bonds. The fraction of sp³-hybridized carbons (Fsp3) is 0.654. The summed E-state index contributed by atoms with van der Waals surface area (Å²) in [6.45, 7) is 3.43. The SMILES string of the molecule is CC(C)OC(=O)CCC[C@H](CO)CC[C@H]1CC[C@@H](O)[C@@H]1/C=C/[C@@H](O)COc1cc(F)ccc1F. The quantitative estimate of drug-likeness (QED) is 0.271. The first-order chi connectivity index (χ1) is 16.2. The largest absolute Gasteiger partial charge is 0.487 e. The van der Waals surface area contributed by atoms with E-state index in [1.165, 1.54) is 6.08 Å². The molecule has 34 heavy (non-hydrogen) atoms. The van der Waals surface area contributed by atoms with Gasteiger partial charge in [0.25, 0.3) is 0 Å². The molecule has 1 aromatic carbocycles. The van der Waals surface area contributed by atoms with Gasteiger partial charge >= 0.3 is 5.97 Å². The number of carbonyl (C=O) groups excluding carboxylic acids is 1. The summed E-state index contributed by atoms with van der Waals surface area (Å²) in [6, 6.07) is 2.87. The molecule has 1 aliphatic rings. The zero-order valence-electron chi connectivity index (χ0n) is 20.0. The Bertz CT molecular complexity index is 785. The summed E-state index contributed by atoms with van der Waals surface area (Å²) in [6.07, 6.45) is 6.42. The highest BCUT2D eigenvalue weighted by atomic mass is 19.1. The van der Waals surface area contributed by atoms with Gasteiger partial charge in [0, 0.05) is 25.0 Å². The summed E-state index contributed by atoms with van der Waals surface area (Å²) < 4.78 is 37.2. The summed E-state index contributed by atoms with van der Waals surface area (Å²) in [5.41, 5.74) is 0. The molecule has 1 aromatic rings. The van der Waals surface area contributed by atoms with Crippen LogP contribution in [0.2, 0.25) is 0 Å². The van der Waals surface area contributed by atoms with Gasteiger partial charge in [-0.2, -0.15) is 0 Å². The molecule has 5 atom stereocenters. The van der Waals surface area contributed by atoms with Crippen LogP contribution in [0.1, 0.15) is 58.8 Å². The maximum Gasteiger partial charge on any atom is 0.306 e. The molecule has 2 rings (SSSR count). The maximum atomic E-state index is 13.6. The van der Waals surface area contributed by atoms with E-state index in [1.807, 2.05) is 13.8 Å². The van der Waals surface area contributed by atoms with Crippen LogP contribution in [0.25, 0.3) is 0 Å². The third-order valence-electron chi connectivity index (χ3n) is 6.24. The number of halogens is 2. The van der Waals surface area contributed by atoms with E-state index in [1.54, 1.807) is 6.08 Å². The molecule has 0 spiro atoms. The van der Waals surface area contributed by atoms with Gasteiger partial charge in [-0.25, -0.2) is 8.78 Å². The molecular weight excluding hydrogens is 446 g/mol. The molecule has 192 valence electrons. The van der Waals surface area contributed by atoms with E-state index in [-0.39, 0.29) is 48.8 Å². The van der Waals surface area contributed by atoms with Gasteiger partial charge in [0.05, 0.1) is 12.2 Å². The second kappa shape index (κ2) is 14.4. The third kappa shape index (κ3) is 9.68. The van der Waals surface area contributed by atoms with Crippen molar-refractivity contribution >= 4 is 5.97 Å². The summed E-state index contributed by atoms with van der Waals surface area (Å²) in [5, 5.41) is 30.3. The van der Waals surface area contributed by atoms with Crippen molar-refractivity contribution in [3.05, 3.63) is 42.0 Å². The molecule has 0 unspecified atom stereocenters. The van der Waals surface area contributed by atoms with Gasteiger partial charge < -0.3 is 24.8 Å². The number of aliphatic hydroxyl groups is 3. The number of ether oxygens (including phenoxy) is 2. The summed E-state index contributed by atoms with van der Waals surface area (Å²) >= 11 is 0. The molecule has 6 nitrogen and oxygen atoms in total. The van der Waals surface area contributed by atoms with Crippen LogP contribution >= 0.6 is 0 Å². The van der Waals surface area contributed by atoms with Gasteiger partial charge in [-0.1, -0.05) is 12.2 Å². The number of hydrogen-bond donors (Lipinski definition) is 3. The Morgan fingerprint density at radius 2 is 2.00 bits per heavy atom. The lowest BCUT2D eigenvalue weighted by molar-refractivity contribution is -0.147. The number of hydrogen-bond acceptors (Lipinski definition) is 6. The monoisotopic (exact) mass is 484 g/mol. The van der Waals surface area contributed by atoms with Crippen molar-refractivity contribution in [1.29, 1.82) is 0 Å². The van der Waals surface area contributed by atoms with Crippen LogP contribution in [-0.2, 0) is 9.53 Å². The van der Waals surface area contributed by atoms with Gasteiger partial charge in [0.1, 0.15) is 18.5 Å². The first-order valence-corrected chi connectivity index (χ1v) is 12.1. The van der Waals surface area contributed by atoms with Crippen molar-refractivity contribution in [2.45, 2.75) is 77.1 Å². The van der Waals surface area contributed by atoms with E-state index in [2.05, 4.69) is 0 Å². The lowest BCUT2D eigenvalue weighted by atomic mass is 9.86. The minimum absolute atomic E-state index is 0.0434. The lowest BCUT2D eigenvalue weighted by Crippen LogP contribution is -2.20. The van der Waals surface area contributed by atoms with Crippen molar-refractivity contribution in [2.24, 2.45) is 17.8 Å². The van der Waals surface area contributed by atoms with Gasteiger partial charge in [0.2, 0.25) is 0 Å². The van der Waals surface area contributed by atoms with Crippen molar-refractivity contribution in [1.82, 2.24) is 0 Å². The smallest absolute Gasteiger partial charge is 0.306 e. The Hall–Kier alpha value is -2.03. The van der Waals surface area contributed by atoms with Crippen LogP contribution in [0, 0.1) is 29.4 Å². The Labute approximate surface area is 200 Å². The zero-order chi connectivity index (χ0) is 25.1. The van der Waals surface area contributed by atoms with Crippen molar-refractivity contribution in [2.75, 3.05) is 13.2 Å². The maximum absolute atomic E-state index is 13.6. The molecule has 0 saturated heterocycles. The van der Waals surface area contributed by atoms with E-state index >= 15 is 0 Å². The van der Waals surface area contributed by atoms with E-state index in [9.17, 15) is 28.9 Å². The highest BCUT2D eigenvalue weighted by molar-refractivity contribution is 5.69. The molecular formula is C26H38F2O6. The predicted octanol–water partition coefficient (Wildman–Crippen LogP) is 4.16. The van der Waals surface area contributed by atoms with Crippen LogP contribution in [0.4, 0.5) is 8.78 Å². The third-order valence-corrected chi connectivity index (χ3v) is 6.24. The predicted molar refractivity (Wildman–Crippen MR) is 124 cm³/mol. The van der Waals surface area contributed by atoms with Crippen LogP contribution in [0.15, 0.2) is 30.4 Å². The Kier molecular flexibility index (Phi) is 11.9. The molecule has 1 aliphatic carbocycles. The van der Waals surface area contributed by atoms with Crippen LogP contribution in [0.5, 0.6) is 5.75 Å². The molecule has 0 aliphatic heterocycles. The minimum Gasteiger partial charge on any atom is -0.487 e. The van der Waals surface area contributed by atoms with E-state index in [4.69, 9.17) is 9.47 Å². The Morgan fingerprint density at radius 1 is 1.24 bits per heavy atom. The summed E-state index contributed by atoms with van der Waals surface area (Å²) in [4.78, 5) is 11.7. The summed E-state index contributed by atoms with van der Waals surface area (Å²) in [5.74, 6) is -1.68. The van der Waals surface area contributed by atoms with Crippen molar-refractivity contribution in [3.8, 4) is 5.75 Å². The Morgan fingerprint density at radius 3 is 2.71 bits per heavy atom. The first-order valence-electron chi connectivity index (χ1n) is 12.1. The summed E-state index contributed by atoms with van der Waals surface area (Å²) in [7, 11) is 0. The van der Waals surface area contributed by atoms with Gasteiger partial charge in [-0.15, -0.1) is 0 Å². The minimum atomic E-state index is -1.04. The highest BCUT2D eigenvalue weighted by Gasteiger charge is 2.33. The average Bonchev–Trinajstić information content (AvgIpc) is 3.13. The zero-order valence-corrected chi connectivity index (χ0v) is 20.0. The van der Waals surface area contributed by atoms with Gasteiger partial charge in [-0.05, 0) is 76.3 Å². The van der Waals surface area contributed by atoms with E-state index < -0.39 is 23.8 Å². The van der Waals surface area contributed by atoms with Crippen LogP contribution in [0.3, 0.4) is 0 Å². The second-order valence-corrected chi connectivity index (χ2v) is 9.38. The second-order valence-electron chi connectivity index (χ2n) is 9.38. The van der Waals surface area contributed by atoms with Crippen LogP contribution < -0.4 is 4.74 Å². The molecule has 0 bridgehead atoms. The van der Waals surface area contributed by atoms with Gasteiger partial charge in [-0.3, -0.25) is 4.79 Å². The van der Waals surface area contributed by atoms with E-state index in [0.29, 0.717) is 19.3 Å². The number of aliphatic hydroxyl groups excluding tert-OH is 3. The molecule has 1 fully saturated rings. The molecule has 8 heteroatoms. The van der Waals surface area contributed by atoms with Gasteiger partial charge in [0.15, 0.2) is 11.6 Å². The number of esters is 1. The first kappa shape index (κ1) is 28.2. The lowest BCUT2D eigenvalue weighted by Gasteiger charge is -2.22. The topological polar surface area (TPSA) is 96.2 Å². The molecule has 0 aromatic heterocycles. The Balaban J connectivity index is 1.79. The van der Waals surface area contributed by atoms with E-state index in [0.717, 1.165) is 43.9 Å². The molecule has 0 radical (unpaired) electrons. The number of rotatable bonds is 14. The molecule has 1 saturated carbocycles. The average molecular weight is 485 g/mol. The fourth-order valence-electron chi connectivity index (χ4n) is 4.41.